The third-order valence-corrected chi connectivity index (χ3v) is 4.00. The average molecular weight is 318 g/mol. The van der Waals surface area contributed by atoms with Crippen LogP contribution < -0.4 is 5.32 Å². The Hall–Kier alpha value is -0.260. The summed E-state index contributed by atoms with van der Waals surface area (Å²) in [5.41, 5.74) is 0.947. The smallest absolute Gasteiger partial charge is 0.0897 e. The van der Waals surface area contributed by atoms with Crippen LogP contribution in [-0.2, 0) is 11.3 Å². The van der Waals surface area contributed by atoms with E-state index in [0.717, 1.165) is 17.7 Å². The van der Waals surface area contributed by atoms with E-state index in [9.17, 15) is 5.11 Å². The van der Waals surface area contributed by atoms with Crippen LogP contribution in [-0.4, -0.2) is 42.4 Å². The van der Waals surface area contributed by atoms with Crippen molar-refractivity contribution in [3.05, 3.63) is 34.9 Å². The third kappa shape index (κ3) is 7.50. The highest BCUT2D eigenvalue weighted by Crippen LogP contribution is 2.15. The lowest BCUT2D eigenvalue weighted by Gasteiger charge is -2.17. The van der Waals surface area contributed by atoms with E-state index >= 15 is 0 Å². The molecule has 0 aliphatic heterocycles. The molecular weight excluding hydrogens is 294 g/mol. The van der Waals surface area contributed by atoms with Crippen LogP contribution in [0.5, 0.6) is 0 Å². The highest BCUT2D eigenvalue weighted by Gasteiger charge is 2.08. The molecule has 0 fully saturated rings. The zero-order valence-corrected chi connectivity index (χ0v) is 13.7. The first-order valence-electron chi connectivity index (χ1n) is 6.85. The van der Waals surface area contributed by atoms with Crippen LogP contribution in [0.4, 0.5) is 0 Å². The normalized spacial score (nSPS) is 14.2. The molecule has 2 N–H and O–H groups in total. The second kappa shape index (κ2) is 10.5. The molecule has 0 aliphatic carbocycles. The van der Waals surface area contributed by atoms with E-state index in [2.05, 4.69) is 18.5 Å². The number of hydrogen-bond donors (Lipinski definition) is 2. The molecular formula is C15H24ClNO2S. The number of nitrogens with one attached hydrogen (secondary N) is 1. The fraction of sp³-hybridized carbons (Fsp3) is 0.600. The van der Waals surface area contributed by atoms with Gasteiger partial charge in [-0.2, -0.15) is 11.8 Å². The van der Waals surface area contributed by atoms with E-state index < -0.39 is 6.10 Å². The van der Waals surface area contributed by atoms with Crippen LogP contribution >= 0.6 is 23.4 Å². The van der Waals surface area contributed by atoms with Crippen molar-refractivity contribution >= 4 is 23.4 Å². The van der Waals surface area contributed by atoms with E-state index in [1.807, 2.05) is 36.0 Å². The average Bonchev–Trinajstić information content (AvgIpc) is 2.45. The summed E-state index contributed by atoms with van der Waals surface area (Å²) < 4.78 is 5.50. The van der Waals surface area contributed by atoms with Crippen LogP contribution in [0.25, 0.3) is 0 Å². The Morgan fingerprint density at radius 1 is 1.40 bits per heavy atom. The Morgan fingerprint density at radius 2 is 2.15 bits per heavy atom. The second-order valence-electron chi connectivity index (χ2n) is 4.85. The first kappa shape index (κ1) is 17.8. The summed E-state index contributed by atoms with van der Waals surface area (Å²) >= 11 is 7.87. The number of benzene rings is 1. The maximum atomic E-state index is 9.85. The Balaban J connectivity index is 2.14. The Morgan fingerprint density at radius 3 is 2.85 bits per heavy atom. The van der Waals surface area contributed by atoms with Gasteiger partial charge in [0.2, 0.25) is 0 Å². The summed E-state index contributed by atoms with van der Waals surface area (Å²) in [5.74, 6) is 1.13. The molecule has 0 amide bonds. The first-order valence-corrected chi connectivity index (χ1v) is 8.62. The Bertz CT molecular complexity index is 379. The van der Waals surface area contributed by atoms with Gasteiger partial charge >= 0.3 is 0 Å². The summed E-state index contributed by atoms with van der Waals surface area (Å²) in [6.45, 7) is 3.43. The molecule has 20 heavy (non-hydrogen) atoms. The molecule has 0 bridgehead atoms. The van der Waals surface area contributed by atoms with Gasteiger partial charge in [-0.15, -0.1) is 0 Å². The van der Waals surface area contributed by atoms with Crippen molar-refractivity contribution in [1.29, 1.82) is 0 Å². The fourth-order valence-corrected chi connectivity index (χ4v) is 2.49. The van der Waals surface area contributed by atoms with Gasteiger partial charge in [0.05, 0.1) is 19.3 Å². The summed E-state index contributed by atoms with van der Waals surface area (Å²) in [6.07, 6.45) is 2.72. The zero-order chi connectivity index (χ0) is 14.8. The largest absolute Gasteiger partial charge is 0.389 e. The molecule has 2 atom stereocenters. The van der Waals surface area contributed by atoms with E-state index in [1.54, 1.807) is 0 Å². The summed E-state index contributed by atoms with van der Waals surface area (Å²) in [4.78, 5) is 0. The third-order valence-electron chi connectivity index (χ3n) is 2.98. The van der Waals surface area contributed by atoms with Crippen molar-refractivity contribution in [3.8, 4) is 0 Å². The Kier molecular flexibility index (Phi) is 9.31. The number of hydrogen-bond acceptors (Lipinski definition) is 4. The second-order valence-corrected chi connectivity index (χ2v) is 6.24. The summed E-state index contributed by atoms with van der Waals surface area (Å²) in [6, 6.07) is 8.00. The van der Waals surface area contributed by atoms with Crippen molar-refractivity contribution in [1.82, 2.24) is 5.32 Å². The number of aliphatic hydroxyl groups is 1. The van der Waals surface area contributed by atoms with E-state index in [-0.39, 0.29) is 0 Å². The lowest BCUT2D eigenvalue weighted by atomic mass is 10.2. The highest BCUT2D eigenvalue weighted by atomic mass is 35.5. The molecule has 114 valence electrons. The van der Waals surface area contributed by atoms with Crippen molar-refractivity contribution in [2.24, 2.45) is 0 Å². The van der Waals surface area contributed by atoms with Crippen LogP contribution in [0.2, 0.25) is 5.02 Å². The summed E-state index contributed by atoms with van der Waals surface area (Å²) in [7, 11) is 0. The highest BCUT2D eigenvalue weighted by molar-refractivity contribution is 7.98. The molecule has 0 radical (unpaired) electrons. The van der Waals surface area contributed by atoms with Gasteiger partial charge < -0.3 is 15.2 Å². The fourth-order valence-electron chi connectivity index (χ4n) is 1.71. The maximum Gasteiger partial charge on any atom is 0.0897 e. The molecule has 0 heterocycles. The van der Waals surface area contributed by atoms with Gasteiger partial charge in [0.15, 0.2) is 0 Å². The monoisotopic (exact) mass is 317 g/mol. The first-order chi connectivity index (χ1) is 9.63. The van der Waals surface area contributed by atoms with Gasteiger partial charge in [-0.1, -0.05) is 29.8 Å². The van der Waals surface area contributed by atoms with Crippen LogP contribution in [0.15, 0.2) is 24.3 Å². The Labute approximate surface area is 131 Å². The van der Waals surface area contributed by atoms with Gasteiger partial charge in [0, 0.05) is 17.6 Å². The molecule has 0 aliphatic rings. The van der Waals surface area contributed by atoms with Crippen LogP contribution in [0.1, 0.15) is 18.9 Å². The lowest BCUT2D eigenvalue weighted by molar-refractivity contribution is 0.0278. The molecule has 1 aromatic carbocycles. The maximum absolute atomic E-state index is 9.85. The number of aliphatic hydroxyl groups excluding tert-OH is 1. The molecule has 0 saturated heterocycles. The number of rotatable bonds is 10. The van der Waals surface area contributed by atoms with Crippen molar-refractivity contribution in [3.63, 3.8) is 0 Å². The standard InChI is InChI=1S/C15H24ClNO2S/c1-12(7-8-20-2)17-9-14(18)11-19-10-13-5-3-4-6-15(13)16/h3-6,12,14,17-18H,7-11H2,1-2H3. The lowest BCUT2D eigenvalue weighted by Crippen LogP contribution is -2.36. The van der Waals surface area contributed by atoms with Gasteiger partial charge in [0.25, 0.3) is 0 Å². The molecule has 3 nitrogen and oxygen atoms in total. The quantitative estimate of drug-likeness (QED) is 0.696. The molecule has 5 heteroatoms. The zero-order valence-electron chi connectivity index (χ0n) is 12.1. The number of halogens is 1. The van der Waals surface area contributed by atoms with Crippen molar-refractivity contribution in [2.75, 3.05) is 25.2 Å². The SMILES string of the molecule is CSCCC(C)NCC(O)COCc1ccccc1Cl. The minimum absolute atomic E-state index is 0.313. The van der Waals surface area contributed by atoms with E-state index in [0.29, 0.717) is 30.8 Å². The number of thioether (sulfide) groups is 1. The van der Waals surface area contributed by atoms with Crippen LogP contribution in [0.3, 0.4) is 0 Å². The summed E-state index contributed by atoms with van der Waals surface area (Å²) in [5, 5.41) is 13.9. The molecule has 1 aromatic rings. The molecule has 0 spiro atoms. The van der Waals surface area contributed by atoms with E-state index in [4.69, 9.17) is 16.3 Å². The molecule has 0 aromatic heterocycles. The topological polar surface area (TPSA) is 41.5 Å². The molecule has 0 saturated carbocycles. The van der Waals surface area contributed by atoms with Gasteiger partial charge in [0.1, 0.15) is 0 Å². The minimum Gasteiger partial charge on any atom is -0.389 e. The van der Waals surface area contributed by atoms with Crippen molar-refractivity contribution < 1.29 is 9.84 Å². The minimum atomic E-state index is -0.491. The molecule has 2 unspecified atom stereocenters. The van der Waals surface area contributed by atoms with Gasteiger partial charge in [-0.3, -0.25) is 0 Å². The number of ether oxygens (including phenoxy) is 1. The van der Waals surface area contributed by atoms with E-state index in [1.165, 1.54) is 0 Å². The predicted molar refractivity (Wildman–Crippen MR) is 87.6 cm³/mol. The van der Waals surface area contributed by atoms with Gasteiger partial charge in [-0.25, -0.2) is 0 Å². The van der Waals surface area contributed by atoms with Crippen molar-refractivity contribution in [2.45, 2.75) is 32.1 Å². The molecule has 1 rings (SSSR count). The van der Waals surface area contributed by atoms with Crippen LogP contribution in [0, 0.1) is 0 Å². The van der Waals surface area contributed by atoms with Gasteiger partial charge in [-0.05, 0) is 37.0 Å². The predicted octanol–water partition coefficient (Wildman–Crippen LogP) is 2.95.